The SMILES string of the molecule is CC.CC.COC(=O)c1cc(N)cc(C#N)c1. The standard InChI is InChI=1S/C9H8N2O2.2C2H6/c1-13-9(12)7-2-6(5-10)3-8(11)4-7;2*1-2/h2-4H,11H2,1H3;2*1-2H3. The lowest BCUT2D eigenvalue weighted by Gasteiger charge is -2.00. The van der Waals surface area contributed by atoms with Crippen LogP contribution >= 0.6 is 0 Å². The molecule has 0 saturated heterocycles. The minimum absolute atomic E-state index is 0.291. The molecule has 0 bridgehead atoms. The number of nitrogen functional groups attached to an aromatic ring is 1. The van der Waals surface area contributed by atoms with Gasteiger partial charge in [0.2, 0.25) is 0 Å². The Morgan fingerprint density at radius 3 is 2.18 bits per heavy atom. The number of rotatable bonds is 1. The summed E-state index contributed by atoms with van der Waals surface area (Å²) in [7, 11) is 1.28. The van der Waals surface area contributed by atoms with Crippen molar-refractivity contribution in [1.29, 1.82) is 5.26 Å². The molecule has 1 aromatic rings. The molecule has 0 fully saturated rings. The fraction of sp³-hybridized carbons (Fsp3) is 0.385. The van der Waals surface area contributed by atoms with Crippen molar-refractivity contribution in [3.8, 4) is 6.07 Å². The van der Waals surface area contributed by atoms with Crippen molar-refractivity contribution in [3.63, 3.8) is 0 Å². The Balaban J connectivity index is 0. The van der Waals surface area contributed by atoms with E-state index in [4.69, 9.17) is 11.0 Å². The second kappa shape index (κ2) is 10.5. The second-order valence-corrected chi connectivity index (χ2v) is 2.45. The van der Waals surface area contributed by atoms with Crippen molar-refractivity contribution in [2.75, 3.05) is 12.8 Å². The third-order valence-electron chi connectivity index (χ3n) is 1.51. The largest absolute Gasteiger partial charge is 0.465 e. The first-order valence-electron chi connectivity index (χ1n) is 5.56. The minimum atomic E-state index is -0.496. The third kappa shape index (κ3) is 6.21. The zero-order valence-electron chi connectivity index (χ0n) is 11.1. The molecule has 0 unspecified atom stereocenters. The van der Waals surface area contributed by atoms with Crippen molar-refractivity contribution in [3.05, 3.63) is 29.3 Å². The number of hydrogen-bond donors (Lipinski definition) is 1. The first kappa shape index (κ1) is 17.4. The van der Waals surface area contributed by atoms with Gasteiger partial charge in [-0.2, -0.15) is 5.26 Å². The Morgan fingerprint density at radius 2 is 1.76 bits per heavy atom. The van der Waals surface area contributed by atoms with Gasteiger partial charge in [0.05, 0.1) is 24.3 Å². The number of carbonyl (C=O) groups excluding carboxylic acids is 1. The molecular formula is C13H20N2O2. The van der Waals surface area contributed by atoms with Gasteiger partial charge in [-0.25, -0.2) is 4.79 Å². The zero-order chi connectivity index (χ0) is 13.8. The maximum atomic E-state index is 11.0. The highest BCUT2D eigenvalue weighted by Gasteiger charge is 2.06. The van der Waals surface area contributed by atoms with Gasteiger partial charge in [-0.1, -0.05) is 27.7 Å². The van der Waals surface area contributed by atoms with E-state index in [1.54, 1.807) is 0 Å². The number of methoxy groups -OCH3 is 1. The fourth-order valence-electron chi connectivity index (χ4n) is 0.952. The van der Waals surface area contributed by atoms with E-state index in [1.165, 1.54) is 25.3 Å². The Hall–Kier alpha value is -2.02. The summed E-state index contributed by atoms with van der Waals surface area (Å²) in [5.41, 5.74) is 6.48. The van der Waals surface area contributed by atoms with E-state index in [0.717, 1.165) is 0 Å². The van der Waals surface area contributed by atoms with Gasteiger partial charge in [-0.3, -0.25) is 0 Å². The lowest BCUT2D eigenvalue weighted by Crippen LogP contribution is -2.02. The average Bonchev–Trinajstić information content (AvgIpc) is 2.41. The monoisotopic (exact) mass is 236 g/mol. The molecule has 0 saturated carbocycles. The number of esters is 1. The van der Waals surface area contributed by atoms with Crippen LogP contribution in [0.3, 0.4) is 0 Å². The van der Waals surface area contributed by atoms with E-state index in [9.17, 15) is 4.79 Å². The normalized spacial score (nSPS) is 7.53. The molecule has 4 heteroatoms. The van der Waals surface area contributed by atoms with E-state index < -0.39 is 5.97 Å². The molecule has 0 amide bonds. The first-order chi connectivity index (χ1) is 8.17. The molecule has 0 spiro atoms. The van der Waals surface area contributed by atoms with E-state index in [-0.39, 0.29) is 0 Å². The first-order valence-corrected chi connectivity index (χ1v) is 5.56. The minimum Gasteiger partial charge on any atom is -0.465 e. The van der Waals surface area contributed by atoms with Crippen LogP contribution in [0.2, 0.25) is 0 Å². The molecular weight excluding hydrogens is 216 g/mol. The Labute approximate surface area is 103 Å². The Morgan fingerprint density at radius 1 is 1.24 bits per heavy atom. The van der Waals surface area contributed by atoms with Crippen molar-refractivity contribution < 1.29 is 9.53 Å². The van der Waals surface area contributed by atoms with Crippen LogP contribution in [0, 0.1) is 11.3 Å². The van der Waals surface area contributed by atoms with Gasteiger partial charge in [-0.15, -0.1) is 0 Å². The molecule has 4 nitrogen and oxygen atoms in total. The summed E-state index contributed by atoms with van der Waals surface area (Å²) in [4.78, 5) is 11.0. The molecule has 0 radical (unpaired) electrons. The van der Waals surface area contributed by atoms with Gasteiger partial charge in [-0.05, 0) is 18.2 Å². The van der Waals surface area contributed by atoms with E-state index in [0.29, 0.717) is 16.8 Å². The molecule has 0 aliphatic rings. The number of nitrogens with two attached hydrogens (primary N) is 1. The average molecular weight is 236 g/mol. The van der Waals surface area contributed by atoms with Crippen LogP contribution in [0.1, 0.15) is 43.6 Å². The summed E-state index contributed by atoms with van der Waals surface area (Å²) < 4.78 is 4.49. The van der Waals surface area contributed by atoms with E-state index in [2.05, 4.69) is 4.74 Å². The van der Waals surface area contributed by atoms with Gasteiger partial charge in [0, 0.05) is 5.69 Å². The van der Waals surface area contributed by atoms with Crippen molar-refractivity contribution >= 4 is 11.7 Å². The highest BCUT2D eigenvalue weighted by molar-refractivity contribution is 5.90. The van der Waals surface area contributed by atoms with Crippen LogP contribution in [0.25, 0.3) is 0 Å². The molecule has 0 atom stereocenters. The van der Waals surface area contributed by atoms with Crippen molar-refractivity contribution in [1.82, 2.24) is 0 Å². The van der Waals surface area contributed by atoms with E-state index in [1.807, 2.05) is 33.8 Å². The summed E-state index contributed by atoms with van der Waals surface area (Å²) in [6.07, 6.45) is 0. The van der Waals surface area contributed by atoms with E-state index >= 15 is 0 Å². The van der Waals surface area contributed by atoms with Gasteiger partial charge >= 0.3 is 5.97 Å². The van der Waals surface area contributed by atoms with Crippen LogP contribution in [0.4, 0.5) is 5.69 Å². The van der Waals surface area contributed by atoms with Crippen LogP contribution in [0.15, 0.2) is 18.2 Å². The van der Waals surface area contributed by atoms with Gasteiger partial charge in [0.25, 0.3) is 0 Å². The van der Waals surface area contributed by atoms with Crippen molar-refractivity contribution in [2.45, 2.75) is 27.7 Å². The lowest BCUT2D eigenvalue weighted by atomic mass is 10.1. The topological polar surface area (TPSA) is 76.1 Å². The molecule has 1 rings (SSSR count). The summed E-state index contributed by atoms with van der Waals surface area (Å²) in [6, 6.07) is 6.29. The number of carbonyl (C=O) groups is 1. The molecule has 94 valence electrons. The van der Waals surface area contributed by atoms with Crippen LogP contribution < -0.4 is 5.73 Å². The van der Waals surface area contributed by atoms with Crippen LogP contribution in [-0.2, 0) is 4.74 Å². The maximum Gasteiger partial charge on any atom is 0.337 e. The van der Waals surface area contributed by atoms with Gasteiger partial charge < -0.3 is 10.5 Å². The third-order valence-corrected chi connectivity index (χ3v) is 1.51. The highest BCUT2D eigenvalue weighted by Crippen LogP contribution is 2.11. The van der Waals surface area contributed by atoms with Crippen molar-refractivity contribution in [2.24, 2.45) is 0 Å². The predicted octanol–water partition coefficient (Wildman–Crippen LogP) is 2.98. The number of anilines is 1. The number of ether oxygens (including phenoxy) is 1. The number of nitrogens with zero attached hydrogens (tertiary/aromatic N) is 1. The molecule has 0 heterocycles. The summed E-state index contributed by atoms with van der Waals surface area (Å²) in [5.74, 6) is -0.496. The molecule has 0 aromatic heterocycles. The fourth-order valence-corrected chi connectivity index (χ4v) is 0.952. The van der Waals surface area contributed by atoms with Gasteiger partial charge in [0.1, 0.15) is 0 Å². The molecule has 0 aliphatic heterocycles. The zero-order valence-corrected chi connectivity index (χ0v) is 11.1. The Bertz CT molecular complexity index is 381. The quantitative estimate of drug-likeness (QED) is 0.600. The second-order valence-electron chi connectivity index (χ2n) is 2.45. The molecule has 1 aromatic carbocycles. The summed E-state index contributed by atoms with van der Waals surface area (Å²) in [5, 5.41) is 8.58. The maximum absolute atomic E-state index is 11.0. The summed E-state index contributed by atoms with van der Waals surface area (Å²) in [6.45, 7) is 8.00. The lowest BCUT2D eigenvalue weighted by molar-refractivity contribution is 0.0600. The van der Waals surface area contributed by atoms with Gasteiger partial charge in [0.15, 0.2) is 0 Å². The number of nitriles is 1. The predicted molar refractivity (Wildman–Crippen MR) is 69.6 cm³/mol. The Kier molecular flexibility index (Phi) is 10.7. The van der Waals surface area contributed by atoms with Crippen LogP contribution in [-0.4, -0.2) is 13.1 Å². The highest BCUT2D eigenvalue weighted by atomic mass is 16.5. The van der Waals surface area contributed by atoms with Crippen LogP contribution in [0.5, 0.6) is 0 Å². The smallest absolute Gasteiger partial charge is 0.337 e. The molecule has 2 N–H and O–H groups in total. The molecule has 0 aliphatic carbocycles. The number of benzene rings is 1. The molecule has 17 heavy (non-hydrogen) atoms. The number of hydrogen-bond acceptors (Lipinski definition) is 4. The summed E-state index contributed by atoms with van der Waals surface area (Å²) >= 11 is 0.